The van der Waals surface area contributed by atoms with Gasteiger partial charge in [0.2, 0.25) is 0 Å². The third kappa shape index (κ3) is 2.88. The van der Waals surface area contributed by atoms with E-state index in [9.17, 15) is 9.18 Å². The Bertz CT molecular complexity index is 989. The molecule has 1 fully saturated rings. The van der Waals surface area contributed by atoms with Crippen LogP contribution in [0, 0.1) is 5.82 Å². The Hall–Kier alpha value is -2.67. The number of likely N-dealkylation sites (tertiary alicyclic amines) is 1. The number of rotatable bonds is 2. The van der Waals surface area contributed by atoms with Crippen LogP contribution in [0.25, 0.3) is 11.0 Å². The number of hydrogen-bond donors (Lipinski definition) is 1. The van der Waals surface area contributed by atoms with E-state index >= 15 is 0 Å². The first-order valence-corrected chi connectivity index (χ1v) is 8.68. The Balaban J connectivity index is 1.50. The highest BCUT2D eigenvalue weighted by Gasteiger charge is 2.30. The largest absolute Gasteiger partial charge is 0.330 e. The molecule has 0 aliphatic carbocycles. The van der Waals surface area contributed by atoms with Crippen molar-refractivity contribution in [2.45, 2.75) is 12.3 Å². The van der Waals surface area contributed by atoms with Crippen LogP contribution in [0.15, 0.2) is 36.7 Å². The Morgan fingerprint density at radius 3 is 3.04 bits per heavy atom. The van der Waals surface area contributed by atoms with Gasteiger partial charge >= 0.3 is 6.03 Å². The van der Waals surface area contributed by atoms with Crippen LogP contribution < -0.4 is 5.32 Å². The van der Waals surface area contributed by atoms with Crippen LogP contribution in [0.2, 0.25) is 5.02 Å². The second-order valence-corrected chi connectivity index (χ2v) is 6.76. The number of urea groups is 1. The summed E-state index contributed by atoms with van der Waals surface area (Å²) >= 11 is 5.76. The minimum absolute atomic E-state index is 0.0181. The minimum atomic E-state index is -0.624. The molecule has 1 aromatic carbocycles. The summed E-state index contributed by atoms with van der Waals surface area (Å²) in [5.41, 5.74) is 1.94. The quantitative estimate of drug-likeness (QED) is 0.743. The number of carbonyl (C=O) groups is 1. The number of pyridine rings is 1. The lowest BCUT2D eigenvalue weighted by atomic mass is 10.1. The number of carbonyl (C=O) groups excluding carboxylic acids is 1. The lowest BCUT2D eigenvalue weighted by molar-refractivity contribution is 0.221. The maximum absolute atomic E-state index is 14.0. The second kappa shape index (κ2) is 6.57. The van der Waals surface area contributed by atoms with Crippen molar-refractivity contribution in [1.29, 1.82) is 0 Å². The highest BCUT2D eigenvalue weighted by molar-refractivity contribution is 6.31. The number of nitrogens with zero attached hydrogens (tertiary/aromatic N) is 4. The summed E-state index contributed by atoms with van der Waals surface area (Å²) in [6, 6.07) is 6.07. The number of fused-ring (bicyclic) bond motifs is 1. The fourth-order valence-corrected chi connectivity index (χ4v) is 3.54. The van der Waals surface area contributed by atoms with Gasteiger partial charge in [0.1, 0.15) is 5.82 Å². The Morgan fingerprint density at radius 2 is 2.23 bits per heavy atom. The number of halogens is 2. The number of benzene rings is 1. The number of amides is 2. The van der Waals surface area contributed by atoms with Crippen molar-refractivity contribution in [1.82, 2.24) is 19.4 Å². The van der Waals surface area contributed by atoms with Gasteiger partial charge in [-0.1, -0.05) is 17.7 Å². The van der Waals surface area contributed by atoms with Gasteiger partial charge in [0.25, 0.3) is 0 Å². The van der Waals surface area contributed by atoms with Crippen molar-refractivity contribution in [3.63, 3.8) is 0 Å². The van der Waals surface area contributed by atoms with Gasteiger partial charge in [-0.05, 0) is 24.6 Å². The van der Waals surface area contributed by atoms with Gasteiger partial charge in [-0.25, -0.2) is 14.2 Å². The molecule has 0 bridgehead atoms. The normalized spacial score (nSPS) is 17.0. The summed E-state index contributed by atoms with van der Waals surface area (Å²) in [7, 11) is 1.95. The molecule has 134 valence electrons. The smallest absolute Gasteiger partial charge is 0.321 e. The molecule has 1 aliphatic rings. The summed E-state index contributed by atoms with van der Waals surface area (Å²) in [6.07, 6.45) is 4.30. The molecule has 1 aliphatic heterocycles. The SMILES string of the molecule is Cn1c(C2CCN(C(=O)Nc3cccc(Cl)c3F)C2)nc2ccncc21. The number of aromatic nitrogens is 3. The first kappa shape index (κ1) is 16.8. The van der Waals surface area contributed by atoms with E-state index in [0.717, 1.165) is 23.3 Å². The molecule has 6 nitrogen and oxygen atoms in total. The fraction of sp³-hybridized carbons (Fsp3) is 0.278. The molecule has 26 heavy (non-hydrogen) atoms. The molecule has 4 rings (SSSR count). The molecule has 1 unspecified atom stereocenters. The number of anilines is 1. The molecule has 0 spiro atoms. The van der Waals surface area contributed by atoms with Gasteiger partial charge < -0.3 is 14.8 Å². The molecular formula is C18H17ClFN5O. The minimum Gasteiger partial charge on any atom is -0.330 e. The van der Waals surface area contributed by atoms with E-state index in [0.29, 0.717) is 13.1 Å². The van der Waals surface area contributed by atoms with Gasteiger partial charge in [-0.3, -0.25) is 4.98 Å². The van der Waals surface area contributed by atoms with Crippen LogP contribution in [-0.2, 0) is 7.05 Å². The number of hydrogen-bond acceptors (Lipinski definition) is 3. The zero-order valence-corrected chi connectivity index (χ0v) is 14.9. The lowest BCUT2D eigenvalue weighted by Gasteiger charge is -2.18. The number of imidazole rings is 1. The Kier molecular flexibility index (Phi) is 4.24. The first-order valence-electron chi connectivity index (χ1n) is 8.31. The predicted octanol–water partition coefficient (Wildman–Crippen LogP) is 3.78. The van der Waals surface area contributed by atoms with Gasteiger partial charge in [-0.15, -0.1) is 0 Å². The van der Waals surface area contributed by atoms with E-state index in [4.69, 9.17) is 11.6 Å². The summed E-state index contributed by atoms with van der Waals surface area (Å²) in [5, 5.41) is 2.58. The Labute approximate surface area is 154 Å². The molecule has 0 saturated carbocycles. The van der Waals surface area contributed by atoms with Gasteiger partial charge in [0, 0.05) is 32.3 Å². The molecule has 1 atom stereocenters. The van der Waals surface area contributed by atoms with Crippen molar-refractivity contribution in [2.24, 2.45) is 7.05 Å². The summed E-state index contributed by atoms with van der Waals surface area (Å²) < 4.78 is 16.0. The van der Waals surface area contributed by atoms with Crippen molar-refractivity contribution in [3.8, 4) is 0 Å². The van der Waals surface area contributed by atoms with Crippen LogP contribution in [-0.4, -0.2) is 38.6 Å². The number of nitrogens with one attached hydrogen (secondary N) is 1. The van der Waals surface area contributed by atoms with E-state index in [1.807, 2.05) is 17.7 Å². The zero-order valence-electron chi connectivity index (χ0n) is 14.1. The van der Waals surface area contributed by atoms with Gasteiger partial charge in [-0.2, -0.15) is 0 Å². The topological polar surface area (TPSA) is 63.1 Å². The molecule has 1 N–H and O–H groups in total. The monoisotopic (exact) mass is 373 g/mol. The van der Waals surface area contributed by atoms with E-state index in [-0.39, 0.29) is 22.7 Å². The molecule has 2 aromatic heterocycles. The van der Waals surface area contributed by atoms with Crippen LogP contribution in [0.3, 0.4) is 0 Å². The molecule has 3 heterocycles. The van der Waals surface area contributed by atoms with Crippen molar-refractivity contribution in [3.05, 3.63) is 53.3 Å². The van der Waals surface area contributed by atoms with Crippen LogP contribution >= 0.6 is 11.6 Å². The van der Waals surface area contributed by atoms with Crippen LogP contribution in [0.1, 0.15) is 18.2 Å². The summed E-state index contributed by atoms with van der Waals surface area (Å²) in [5.74, 6) is 0.431. The van der Waals surface area contributed by atoms with Crippen molar-refractivity contribution in [2.75, 3.05) is 18.4 Å². The fourth-order valence-electron chi connectivity index (χ4n) is 3.37. The third-order valence-corrected chi connectivity index (χ3v) is 5.04. The zero-order chi connectivity index (χ0) is 18.3. The average Bonchev–Trinajstić information content (AvgIpc) is 3.24. The highest BCUT2D eigenvalue weighted by Crippen LogP contribution is 2.29. The van der Waals surface area contributed by atoms with Gasteiger partial charge in [0.15, 0.2) is 5.82 Å². The lowest BCUT2D eigenvalue weighted by Crippen LogP contribution is -2.33. The van der Waals surface area contributed by atoms with Crippen LogP contribution in [0.5, 0.6) is 0 Å². The van der Waals surface area contributed by atoms with Gasteiger partial charge in [0.05, 0.1) is 27.9 Å². The molecule has 8 heteroatoms. The maximum atomic E-state index is 14.0. The molecule has 2 amide bonds. The standard InChI is InChI=1S/C18H17ClFN5O/c1-24-15-9-21-7-5-13(15)22-17(24)11-6-8-25(10-11)18(26)23-14-4-2-3-12(19)16(14)20/h2-5,7,9,11H,6,8,10H2,1H3,(H,23,26). The first-order chi connectivity index (χ1) is 12.5. The average molecular weight is 374 g/mol. The Morgan fingerprint density at radius 1 is 1.38 bits per heavy atom. The second-order valence-electron chi connectivity index (χ2n) is 6.36. The van der Waals surface area contributed by atoms with E-state index in [1.165, 1.54) is 12.1 Å². The molecule has 3 aromatic rings. The van der Waals surface area contributed by atoms with E-state index < -0.39 is 5.82 Å². The van der Waals surface area contributed by atoms with Crippen LogP contribution in [0.4, 0.5) is 14.9 Å². The predicted molar refractivity (Wildman–Crippen MR) is 97.9 cm³/mol. The highest BCUT2D eigenvalue weighted by atomic mass is 35.5. The van der Waals surface area contributed by atoms with E-state index in [1.54, 1.807) is 23.4 Å². The molecule has 1 saturated heterocycles. The van der Waals surface area contributed by atoms with E-state index in [2.05, 4.69) is 15.3 Å². The summed E-state index contributed by atoms with van der Waals surface area (Å²) in [4.78, 5) is 23.0. The molecule has 0 radical (unpaired) electrons. The third-order valence-electron chi connectivity index (χ3n) is 4.75. The maximum Gasteiger partial charge on any atom is 0.321 e. The van der Waals surface area contributed by atoms with Crippen molar-refractivity contribution >= 4 is 34.4 Å². The van der Waals surface area contributed by atoms with Crippen molar-refractivity contribution < 1.29 is 9.18 Å². The number of aryl methyl sites for hydroxylation is 1. The summed E-state index contributed by atoms with van der Waals surface area (Å²) in [6.45, 7) is 1.11. The molecular weight excluding hydrogens is 357 g/mol.